The monoisotopic (exact) mass is 887 g/mol. The summed E-state index contributed by atoms with van der Waals surface area (Å²) in [6.07, 6.45) is 2.33. The summed E-state index contributed by atoms with van der Waals surface area (Å²) in [6.45, 7) is 38.1. The van der Waals surface area contributed by atoms with Crippen LogP contribution < -0.4 is 25.5 Å². The molecular weight excluding hydrogens is 816 g/mol. The van der Waals surface area contributed by atoms with Crippen LogP contribution >= 0.6 is 11.3 Å². The van der Waals surface area contributed by atoms with E-state index in [0.717, 1.165) is 6.42 Å². The molecule has 0 radical (unpaired) electrons. The summed E-state index contributed by atoms with van der Waals surface area (Å²) >= 11 is 1.99. The van der Waals surface area contributed by atoms with Crippen LogP contribution in [0.25, 0.3) is 21.2 Å². The number of benzene rings is 6. The lowest BCUT2D eigenvalue weighted by Gasteiger charge is -2.46. The SMILES string of the molecule is CC(C)(C)c1ccc(-c2cc3c(cc2N2c4ccc(C(C)(C)C)cc4B4c5sc6ccccc6c5N(c5ccc(C(C)(C)C)cc5)c5cc(C(C)(C)C)cc2c54)C(C)(C)CCC3(C)C)cc1. The van der Waals surface area contributed by atoms with Gasteiger partial charge in [0, 0.05) is 43.2 Å². The molecule has 0 bridgehead atoms. The summed E-state index contributed by atoms with van der Waals surface area (Å²) in [5.41, 5.74) is 21.4. The Morgan fingerprint density at radius 3 is 1.58 bits per heavy atom. The largest absolute Gasteiger partial charge is 0.311 e. The van der Waals surface area contributed by atoms with Crippen molar-refractivity contribution in [1.82, 2.24) is 0 Å². The summed E-state index contributed by atoms with van der Waals surface area (Å²) in [6, 6.07) is 46.0. The van der Waals surface area contributed by atoms with Crippen LogP contribution in [0, 0.1) is 0 Å². The van der Waals surface area contributed by atoms with E-state index in [1.54, 1.807) is 0 Å². The molecule has 0 N–H and O–H groups in total. The molecule has 0 unspecified atom stereocenters. The molecule has 6 aromatic carbocycles. The molecule has 0 saturated carbocycles. The van der Waals surface area contributed by atoms with Gasteiger partial charge in [0.25, 0.3) is 6.71 Å². The zero-order valence-electron chi connectivity index (χ0n) is 42.8. The minimum atomic E-state index is -0.116. The van der Waals surface area contributed by atoms with E-state index < -0.39 is 0 Å². The number of fused-ring (bicyclic) bond motifs is 7. The first-order chi connectivity index (χ1) is 30.7. The van der Waals surface area contributed by atoms with Crippen molar-refractivity contribution in [3.63, 3.8) is 0 Å². The smallest absolute Gasteiger partial charge is 0.264 e. The fraction of sp³-hybridized carbons (Fsp3) is 0.387. The summed E-state index contributed by atoms with van der Waals surface area (Å²) in [5, 5.41) is 1.32. The van der Waals surface area contributed by atoms with Gasteiger partial charge in [-0.2, -0.15) is 0 Å². The van der Waals surface area contributed by atoms with Crippen molar-refractivity contribution in [3.8, 4) is 11.1 Å². The fourth-order valence-electron chi connectivity index (χ4n) is 11.1. The molecule has 7 aromatic rings. The molecule has 0 fully saturated rings. The number of rotatable bonds is 3. The maximum atomic E-state index is 2.72. The van der Waals surface area contributed by atoms with E-state index in [9.17, 15) is 0 Å². The quantitative estimate of drug-likeness (QED) is 0.163. The molecular formula is C62H71BN2S. The van der Waals surface area contributed by atoms with Gasteiger partial charge in [-0.15, -0.1) is 11.3 Å². The van der Waals surface area contributed by atoms with Crippen LogP contribution in [0.4, 0.5) is 34.1 Å². The van der Waals surface area contributed by atoms with Crippen molar-refractivity contribution >= 4 is 78.0 Å². The minimum Gasteiger partial charge on any atom is -0.311 e. The van der Waals surface area contributed by atoms with Gasteiger partial charge >= 0.3 is 0 Å². The van der Waals surface area contributed by atoms with Crippen LogP contribution in [0.1, 0.15) is 157 Å². The Hall–Kier alpha value is -5.06. The average Bonchev–Trinajstić information content (AvgIpc) is 3.62. The van der Waals surface area contributed by atoms with E-state index in [1.807, 2.05) is 11.3 Å². The first-order valence-corrected chi connectivity index (χ1v) is 25.4. The highest BCUT2D eigenvalue weighted by Gasteiger charge is 2.47. The van der Waals surface area contributed by atoms with Gasteiger partial charge in [0.15, 0.2) is 0 Å². The Kier molecular flexibility index (Phi) is 9.98. The predicted molar refractivity (Wildman–Crippen MR) is 291 cm³/mol. The molecule has 66 heavy (non-hydrogen) atoms. The zero-order chi connectivity index (χ0) is 47.3. The molecule has 2 aliphatic heterocycles. The van der Waals surface area contributed by atoms with Crippen LogP contribution in [-0.2, 0) is 32.5 Å². The number of hydrogen-bond acceptors (Lipinski definition) is 3. The van der Waals surface area contributed by atoms with Crippen LogP contribution in [0.15, 0.2) is 115 Å². The predicted octanol–water partition coefficient (Wildman–Crippen LogP) is 16.2. The standard InChI is InChI=1S/C62H71BN2S/c1-57(2,3)39-23-21-38(22-24-39)45-36-46-47(62(15,16)32-31-61(46,13)14)37-50(45)65-49-30-27-41(59(7,8)9)33-48(49)63-54-51(34-42(35-52(54)65)60(10,11)12)64(43-28-25-40(26-29-43)58(4,5)6)55-44-19-17-18-20-53(44)66-56(55)63/h17-30,33-37H,31-32H2,1-16H3. The first kappa shape index (κ1) is 44.8. The second kappa shape index (κ2) is 14.7. The van der Waals surface area contributed by atoms with Crippen LogP contribution in [-0.4, -0.2) is 6.71 Å². The van der Waals surface area contributed by atoms with Crippen molar-refractivity contribution in [1.29, 1.82) is 0 Å². The van der Waals surface area contributed by atoms with Gasteiger partial charge in [0.2, 0.25) is 0 Å². The second-order valence-electron chi connectivity index (χ2n) is 25.4. The Balaban J connectivity index is 1.36. The number of nitrogens with zero attached hydrogens (tertiary/aromatic N) is 2. The molecule has 10 rings (SSSR count). The molecule has 0 saturated heterocycles. The topological polar surface area (TPSA) is 6.48 Å². The molecule has 2 nitrogen and oxygen atoms in total. The normalized spacial score (nSPS) is 16.5. The first-order valence-electron chi connectivity index (χ1n) is 24.6. The van der Waals surface area contributed by atoms with Gasteiger partial charge in [0.1, 0.15) is 0 Å². The van der Waals surface area contributed by atoms with Crippen molar-refractivity contribution in [2.24, 2.45) is 0 Å². The van der Waals surface area contributed by atoms with Crippen molar-refractivity contribution < 1.29 is 0 Å². The van der Waals surface area contributed by atoms with E-state index in [-0.39, 0.29) is 39.2 Å². The molecule has 3 heterocycles. The van der Waals surface area contributed by atoms with Gasteiger partial charge in [-0.05, 0) is 144 Å². The zero-order valence-corrected chi connectivity index (χ0v) is 43.6. The average molecular weight is 887 g/mol. The van der Waals surface area contributed by atoms with E-state index in [2.05, 4.69) is 236 Å². The lowest BCUT2D eigenvalue weighted by atomic mass is 9.36. The van der Waals surface area contributed by atoms with Gasteiger partial charge < -0.3 is 9.80 Å². The Bertz CT molecular complexity index is 3060. The molecule has 1 aliphatic carbocycles. The molecule has 1 aromatic heterocycles. The third-order valence-electron chi connectivity index (χ3n) is 15.6. The lowest BCUT2D eigenvalue weighted by Crippen LogP contribution is -2.60. The highest BCUT2D eigenvalue weighted by Crippen LogP contribution is 2.54. The molecule has 338 valence electrons. The van der Waals surface area contributed by atoms with Gasteiger partial charge in [-0.1, -0.05) is 178 Å². The number of thiophene rings is 1. The minimum absolute atomic E-state index is 0.0279. The van der Waals surface area contributed by atoms with Gasteiger partial charge in [-0.3, -0.25) is 0 Å². The number of anilines is 6. The molecule has 4 heteroatoms. The van der Waals surface area contributed by atoms with E-state index in [0.29, 0.717) is 0 Å². The number of hydrogen-bond donors (Lipinski definition) is 0. The Labute approximate surface area is 401 Å². The van der Waals surface area contributed by atoms with Crippen LogP contribution in [0.3, 0.4) is 0 Å². The van der Waals surface area contributed by atoms with Gasteiger partial charge in [-0.25, -0.2) is 0 Å². The highest BCUT2D eigenvalue weighted by atomic mass is 32.1. The maximum Gasteiger partial charge on any atom is 0.264 e. The van der Waals surface area contributed by atoms with Crippen LogP contribution in [0.2, 0.25) is 0 Å². The third-order valence-corrected chi connectivity index (χ3v) is 16.8. The summed E-state index contributed by atoms with van der Waals surface area (Å²) in [4.78, 5) is 5.36. The summed E-state index contributed by atoms with van der Waals surface area (Å²) < 4.78 is 2.76. The summed E-state index contributed by atoms with van der Waals surface area (Å²) in [7, 11) is 0. The molecule has 0 spiro atoms. The van der Waals surface area contributed by atoms with E-state index >= 15 is 0 Å². The highest BCUT2D eigenvalue weighted by molar-refractivity contribution is 7.33. The van der Waals surface area contributed by atoms with Crippen molar-refractivity contribution in [3.05, 3.63) is 149 Å². The van der Waals surface area contributed by atoms with Crippen molar-refractivity contribution in [2.75, 3.05) is 9.80 Å². The van der Waals surface area contributed by atoms with Gasteiger partial charge in [0.05, 0.1) is 11.4 Å². The maximum absolute atomic E-state index is 2.72. The fourth-order valence-corrected chi connectivity index (χ4v) is 12.5. The van der Waals surface area contributed by atoms with Crippen LogP contribution in [0.5, 0.6) is 0 Å². The Morgan fingerprint density at radius 1 is 0.485 bits per heavy atom. The molecule has 0 amide bonds. The third kappa shape index (κ3) is 7.19. The molecule has 3 aliphatic rings. The second-order valence-corrected chi connectivity index (χ2v) is 26.5. The Morgan fingerprint density at radius 2 is 1.00 bits per heavy atom. The lowest BCUT2D eigenvalue weighted by molar-refractivity contribution is 0.332. The summed E-state index contributed by atoms with van der Waals surface area (Å²) in [5.74, 6) is 0. The van der Waals surface area contributed by atoms with E-state index in [1.165, 1.54) is 111 Å². The van der Waals surface area contributed by atoms with Crippen molar-refractivity contribution in [2.45, 2.75) is 156 Å². The van der Waals surface area contributed by atoms with E-state index in [4.69, 9.17) is 0 Å². The molecule has 0 atom stereocenters.